The largest absolute Gasteiger partial charge is 0.459 e. The second-order valence-electron chi connectivity index (χ2n) is 6.35. The minimum absolute atomic E-state index is 0.0562. The SMILES string of the molecule is O=c1c2ccccc2sn1C(Cc1ccccc1)c1nnc(-c2ccco2)o1. The summed E-state index contributed by atoms with van der Waals surface area (Å²) in [6, 6.07) is 20.7. The number of fused-ring (bicyclic) bond motifs is 1. The lowest BCUT2D eigenvalue weighted by Crippen LogP contribution is -2.22. The van der Waals surface area contributed by atoms with E-state index in [1.165, 1.54) is 11.5 Å². The maximum absolute atomic E-state index is 13.0. The second kappa shape index (κ2) is 6.94. The van der Waals surface area contributed by atoms with Crippen molar-refractivity contribution in [2.45, 2.75) is 12.5 Å². The summed E-state index contributed by atoms with van der Waals surface area (Å²) < 4.78 is 13.9. The van der Waals surface area contributed by atoms with E-state index in [9.17, 15) is 4.79 Å². The smallest absolute Gasteiger partial charge is 0.283 e. The Labute approximate surface area is 163 Å². The molecule has 0 amide bonds. The summed E-state index contributed by atoms with van der Waals surface area (Å²) in [5.74, 6) is 1.18. The Morgan fingerprint density at radius 1 is 0.964 bits per heavy atom. The highest BCUT2D eigenvalue weighted by Gasteiger charge is 2.25. The molecule has 0 bridgehead atoms. The molecule has 0 aliphatic carbocycles. The fourth-order valence-electron chi connectivity index (χ4n) is 3.17. The first-order valence-electron chi connectivity index (χ1n) is 8.81. The molecule has 0 saturated carbocycles. The third kappa shape index (κ3) is 2.95. The molecule has 6 nitrogen and oxygen atoms in total. The number of rotatable bonds is 5. The molecule has 5 aromatic rings. The van der Waals surface area contributed by atoms with Crippen LogP contribution in [0.5, 0.6) is 0 Å². The number of aromatic nitrogens is 3. The van der Waals surface area contributed by atoms with Crippen molar-refractivity contribution < 1.29 is 8.83 Å². The first-order chi connectivity index (χ1) is 13.8. The molecule has 7 heteroatoms. The predicted octanol–water partition coefficient (Wildman–Crippen LogP) is 4.54. The van der Waals surface area contributed by atoms with Gasteiger partial charge in [0.15, 0.2) is 5.76 Å². The van der Waals surface area contributed by atoms with Gasteiger partial charge in [0.25, 0.3) is 11.4 Å². The zero-order valence-electron chi connectivity index (χ0n) is 14.7. The molecule has 1 unspecified atom stereocenters. The fourth-order valence-corrected chi connectivity index (χ4v) is 4.25. The second-order valence-corrected chi connectivity index (χ2v) is 7.36. The molecule has 0 aliphatic heterocycles. The zero-order chi connectivity index (χ0) is 18.9. The van der Waals surface area contributed by atoms with Crippen molar-refractivity contribution in [1.29, 1.82) is 0 Å². The van der Waals surface area contributed by atoms with Crippen LogP contribution in [0.25, 0.3) is 21.7 Å². The highest BCUT2D eigenvalue weighted by atomic mass is 32.1. The first kappa shape index (κ1) is 16.7. The molecule has 3 aromatic heterocycles. The molecule has 0 aliphatic rings. The van der Waals surface area contributed by atoms with E-state index in [1.807, 2.05) is 54.6 Å². The predicted molar refractivity (Wildman–Crippen MR) is 106 cm³/mol. The lowest BCUT2D eigenvalue weighted by molar-refractivity contribution is 0.419. The number of furan rings is 1. The topological polar surface area (TPSA) is 74.1 Å². The quantitative estimate of drug-likeness (QED) is 0.441. The number of benzene rings is 2. The molecule has 1 atom stereocenters. The molecule has 0 fully saturated rings. The summed E-state index contributed by atoms with van der Waals surface area (Å²) in [7, 11) is 0. The maximum atomic E-state index is 13.0. The summed E-state index contributed by atoms with van der Waals surface area (Å²) in [6.45, 7) is 0. The van der Waals surface area contributed by atoms with Gasteiger partial charge < -0.3 is 8.83 Å². The Morgan fingerprint density at radius 2 is 1.79 bits per heavy atom. The summed E-state index contributed by atoms with van der Waals surface area (Å²) >= 11 is 1.41. The summed E-state index contributed by atoms with van der Waals surface area (Å²) in [5.41, 5.74) is 1.02. The van der Waals surface area contributed by atoms with Crippen LogP contribution in [0.4, 0.5) is 0 Å². The van der Waals surface area contributed by atoms with Gasteiger partial charge in [-0.15, -0.1) is 10.2 Å². The average Bonchev–Trinajstić information content (AvgIpc) is 3.48. The van der Waals surface area contributed by atoms with Crippen LogP contribution >= 0.6 is 11.5 Å². The average molecular weight is 389 g/mol. The van der Waals surface area contributed by atoms with Crippen molar-refractivity contribution in [2.75, 3.05) is 0 Å². The van der Waals surface area contributed by atoms with Gasteiger partial charge in [-0.05, 0) is 29.8 Å². The molecular weight excluding hydrogens is 374 g/mol. The van der Waals surface area contributed by atoms with Crippen LogP contribution < -0.4 is 5.56 Å². The van der Waals surface area contributed by atoms with Gasteiger partial charge in [-0.25, -0.2) is 0 Å². The number of hydrogen-bond donors (Lipinski definition) is 0. The van der Waals surface area contributed by atoms with E-state index in [2.05, 4.69) is 10.2 Å². The van der Waals surface area contributed by atoms with Gasteiger partial charge >= 0.3 is 0 Å². The molecule has 138 valence electrons. The standard InChI is InChI=1S/C21H15N3O3S/c25-21-15-9-4-5-11-18(15)28-24(21)16(13-14-7-2-1-3-8-14)19-22-23-20(27-19)17-10-6-12-26-17/h1-12,16H,13H2. The van der Waals surface area contributed by atoms with Gasteiger partial charge in [0, 0.05) is 6.42 Å². The highest BCUT2D eigenvalue weighted by molar-refractivity contribution is 7.13. The van der Waals surface area contributed by atoms with Crippen LogP contribution in [0.15, 0.2) is 86.6 Å². The van der Waals surface area contributed by atoms with Crippen LogP contribution in [0.3, 0.4) is 0 Å². The molecule has 0 saturated heterocycles. The van der Waals surface area contributed by atoms with Crippen LogP contribution in [0.1, 0.15) is 17.5 Å². The molecule has 2 aromatic carbocycles. The van der Waals surface area contributed by atoms with E-state index in [0.717, 1.165) is 10.3 Å². The van der Waals surface area contributed by atoms with Gasteiger partial charge in [-0.1, -0.05) is 54.0 Å². The normalized spacial score (nSPS) is 12.4. The molecule has 0 N–H and O–H groups in total. The van der Waals surface area contributed by atoms with Crippen LogP contribution in [-0.4, -0.2) is 14.2 Å². The molecule has 5 rings (SSSR count). The third-order valence-electron chi connectivity index (χ3n) is 4.53. The monoisotopic (exact) mass is 389 g/mol. The lowest BCUT2D eigenvalue weighted by Gasteiger charge is -2.13. The Bertz CT molecular complexity index is 1270. The van der Waals surface area contributed by atoms with Gasteiger partial charge in [0.1, 0.15) is 6.04 Å². The molecule has 0 spiro atoms. The Morgan fingerprint density at radius 3 is 2.57 bits per heavy atom. The number of hydrogen-bond acceptors (Lipinski definition) is 6. The van der Waals surface area contributed by atoms with E-state index in [0.29, 0.717) is 29.3 Å². The third-order valence-corrected chi connectivity index (χ3v) is 5.70. The van der Waals surface area contributed by atoms with Crippen molar-refractivity contribution in [1.82, 2.24) is 14.2 Å². The first-order valence-corrected chi connectivity index (χ1v) is 9.59. The molecule has 0 radical (unpaired) electrons. The van der Waals surface area contributed by atoms with Crippen molar-refractivity contribution >= 4 is 21.6 Å². The van der Waals surface area contributed by atoms with E-state index in [4.69, 9.17) is 8.83 Å². The minimum Gasteiger partial charge on any atom is -0.459 e. The van der Waals surface area contributed by atoms with Crippen molar-refractivity contribution in [3.05, 3.63) is 94.8 Å². The fraction of sp³-hybridized carbons (Fsp3) is 0.0952. The van der Waals surface area contributed by atoms with Gasteiger partial charge in [0.05, 0.1) is 16.3 Å². The summed E-state index contributed by atoms with van der Waals surface area (Å²) in [6.07, 6.45) is 2.12. The van der Waals surface area contributed by atoms with Gasteiger partial charge in [-0.3, -0.25) is 8.75 Å². The minimum atomic E-state index is -0.400. The van der Waals surface area contributed by atoms with Crippen LogP contribution in [0, 0.1) is 0 Å². The van der Waals surface area contributed by atoms with Gasteiger partial charge in [-0.2, -0.15) is 0 Å². The number of nitrogens with zero attached hydrogens (tertiary/aromatic N) is 3. The van der Waals surface area contributed by atoms with E-state index in [1.54, 1.807) is 22.4 Å². The summed E-state index contributed by atoms with van der Waals surface area (Å²) in [5, 5.41) is 9.03. The zero-order valence-corrected chi connectivity index (χ0v) is 15.5. The molecular formula is C21H15N3O3S. The Hall–Kier alpha value is -3.45. The Balaban J connectivity index is 1.62. The van der Waals surface area contributed by atoms with E-state index >= 15 is 0 Å². The van der Waals surface area contributed by atoms with Crippen molar-refractivity contribution in [3.63, 3.8) is 0 Å². The maximum Gasteiger partial charge on any atom is 0.283 e. The summed E-state index contributed by atoms with van der Waals surface area (Å²) in [4.78, 5) is 13.0. The van der Waals surface area contributed by atoms with Crippen molar-refractivity contribution in [2.24, 2.45) is 0 Å². The van der Waals surface area contributed by atoms with Crippen LogP contribution in [0.2, 0.25) is 0 Å². The highest BCUT2D eigenvalue weighted by Crippen LogP contribution is 2.29. The Kier molecular flexibility index (Phi) is 4.14. The molecule has 28 heavy (non-hydrogen) atoms. The lowest BCUT2D eigenvalue weighted by atomic mass is 10.1. The van der Waals surface area contributed by atoms with Crippen molar-refractivity contribution in [3.8, 4) is 11.7 Å². The van der Waals surface area contributed by atoms with E-state index in [-0.39, 0.29) is 5.56 Å². The van der Waals surface area contributed by atoms with E-state index < -0.39 is 6.04 Å². The van der Waals surface area contributed by atoms with Gasteiger partial charge in [0.2, 0.25) is 5.89 Å². The molecule has 3 heterocycles. The van der Waals surface area contributed by atoms with Crippen LogP contribution in [-0.2, 0) is 6.42 Å².